The number of carbonyl (C=O) groups is 2. The minimum atomic E-state index is -0.831. The number of ether oxygens (including phenoxy) is 2. The lowest BCUT2D eigenvalue weighted by Gasteiger charge is -2.16. The maximum atomic E-state index is 10.9. The third-order valence-electron chi connectivity index (χ3n) is 1.21. The van der Waals surface area contributed by atoms with E-state index in [-0.39, 0.29) is 6.47 Å². The van der Waals surface area contributed by atoms with Crippen LogP contribution in [0.5, 0.6) is 0 Å². The second-order valence-electron chi connectivity index (χ2n) is 2.51. The molecule has 0 saturated carbocycles. The molecule has 0 amide bonds. The van der Waals surface area contributed by atoms with Crippen molar-refractivity contribution in [3.63, 3.8) is 0 Å². The monoisotopic (exact) mass is 175 g/mol. The van der Waals surface area contributed by atoms with Crippen molar-refractivity contribution >= 4 is 12.4 Å². The predicted molar refractivity (Wildman–Crippen MR) is 41.5 cm³/mol. The van der Waals surface area contributed by atoms with Crippen LogP contribution in [0.2, 0.25) is 0 Å². The lowest BCUT2D eigenvalue weighted by atomic mass is 10.3. The first-order valence-electron chi connectivity index (χ1n) is 3.43. The Labute approximate surface area is 71.2 Å². The maximum absolute atomic E-state index is 10.9. The summed E-state index contributed by atoms with van der Waals surface area (Å²) >= 11 is 0. The molecule has 1 unspecified atom stereocenters. The summed E-state index contributed by atoms with van der Waals surface area (Å²) in [6, 6.07) is 0. The van der Waals surface area contributed by atoms with Crippen LogP contribution < -0.4 is 0 Å². The Morgan fingerprint density at radius 1 is 1.58 bits per heavy atom. The van der Waals surface area contributed by atoms with Gasteiger partial charge in [-0.15, -0.1) is 0 Å². The number of rotatable bonds is 5. The van der Waals surface area contributed by atoms with Crippen molar-refractivity contribution < 1.29 is 19.1 Å². The number of hydrogen-bond acceptors (Lipinski definition) is 5. The summed E-state index contributed by atoms with van der Waals surface area (Å²) in [6.45, 7) is 0.566. The van der Waals surface area contributed by atoms with Crippen molar-refractivity contribution in [2.75, 3.05) is 27.7 Å². The van der Waals surface area contributed by atoms with E-state index >= 15 is 0 Å². The van der Waals surface area contributed by atoms with Crippen molar-refractivity contribution in [1.29, 1.82) is 0 Å². The molecule has 70 valence electrons. The van der Waals surface area contributed by atoms with Gasteiger partial charge in [0, 0.05) is 6.54 Å². The van der Waals surface area contributed by atoms with Crippen molar-refractivity contribution in [3.05, 3.63) is 0 Å². The number of carbonyl (C=O) groups excluding carboxylic acids is 2. The fourth-order valence-corrected chi connectivity index (χ4v) is 0.703. The number of methoxy groups -OCH3 is 1. The molecule has 0 aromatic heterocycles. The van der Waals surface area contributed by atoms with Crippen LogP contribution in [-0.4, -0.2) is 51.2 Å². The van der Waals surface area contributed by atoms with Crippen LogP contribution in [-0.2, 0) is 19.1 Å². The third-order valence-corrected chi connectivity index (χ3v) is 1.21. The molecule has 0 aliphatic heterocycles. The highest BCUT2D eigenvalue weighted by atomic mass is 16.6. The van der Waals surface area contributed by atoms with Gasteiger partial charge in [-0.1, -0.05) is 0 Å². The van der Waals surface area contributed by atoms with Crippen molar-refractivity contribution in [2.24, 2.45) is 0 Å². The van der Waals surface area contributed by atoms with Gasteiger partial charge in [0.05, 0.1) is 7.11 Å². The number of esters is 1. The van der Waals surface area contributed by atoms with Gasteiger partial charge in [0.25, 0.3) is 6.47 Å². The van der Waals surface area contributed by atoms with E-state index in [1.165, 1.54) is 7.11 Å². The zero-order valence-electron chi connectivity index (χ0n) is 7.44. The van der Waals surface area contributed by atoms with Gasteiger partial charge in [-0.25, -0.2) is 4.79 Å². The molecule has 0 fully saturated rings. The SMILES string of the molecule is COC(=O)C(CN(C)C)OC=O. The Morgan fingerprint density at radius 3 is 2.50 bits per heavy atom. The molecule has 1 atom stereocenters. The van der Waals surface area contributed by atoms with Gasteiger partial charge in [0.15, 0.2) is 0 Å². The highest BCUT2D eigenvalue weighted by Crippen LogP contribution is 1.94. The molecule has 0 heterocycles. The summed E-state index contributed by atoms with van der Waals surface area (Å²) in [6.07, 6.45) is -0.831. The first-order valence-corrected chi connectivity index (χ1v) is 3.43. The minimum absolute atomic E-state index is 0.241. The van der Waals surface area contributed by atoms with E-state index in [9.17, 15) is 9.59 Å². The van der Waals surface area contributed by atoms with E-state index in [2.05, 4.69) is 9.47 Å². The Hall–Kier alpha value is -1.10. The molecule has 0 spiro atoms. The van der Waals surface area contributed by atoms with Gasteiger partial charge in [0.2, 0.25) is 6.10 Å². The molecule has 0 rings (SSSR count). The van der Waals surface area contributed by atoms with Crippen LogP contribution in [0.1, 0.15) is 0 Å². The van der Waals surface area contributed by atoms with E-state index in [0.29, 0.717) is 6.54 Å². The molecule has 0 radical (unpaired) electrons. The molecule has 0 bridgehead atoms. The number of hydrogen-bond donors (Lipinski definition) is 0. The standard InChI is InChI=1S/C7H13NO4/c1-8(2)4-6(12-5-9)7(10)11-3/h5-6H,4H2,1-3H3. The van der Waals surface area contributed by atoms with Crippen molar-refractivity contribution in [2.45, 2.75) is 6.10 Å². The highest BCUT2D eigenvalue weighted by Gasteiger charge is 2.20. The molecule has 0 aliphatic rings. The van der Waals surface area contributed by atoms with Crippen LogP contribution >= 0.6 is 0 Å². The Balaban J connectivity index is 4.02. The zero-order valence-corrected chi connectivity index (χ0v) is 7.44. The molecule has 0 N–H and O–H groups in total. The Morgan fingerprint density at radius 2 is 2.17 bits per heavy atom. The molecule has 5 nitrogen and oxygen atoms in total. The summed E-state index contributed by atoms with van der Waals surface area (Å²) in [5.41, 5.74) is 0. The normalized spacial score (nSPS) is 12.3. The second-order valence-corrected chi connectivity index (χ2v) is 2.51. The fraction of sp³-hybridized carbons (Fsp3) is 0.714. The van der Waals surface area contributed by atoms with E-state index in [4.69, 9.17) is 0 Å². The minimum Gasteiger partial charge on any atom is -0.466 e. The van der Waals surface area contributed by atoms with Gasteiger partial charge >= 0.3 is 5.97 Å². The molecule has 0 aromatic rings. The molecular formula is C7H13NO4. The lowest BCUT2D eigenvalue weighted by molar-refractivity contribution is -0.159. The van der Waals surface area contributed by atoms with E-state index in [1.807, 2.05) is 0 Å². The number of likely N-dealkylation sites (N-methyl/N-ethyl adjacent to an activating group) is 1. The number of nitrogens with zero attached hydrogens (tertiary/aromatic N) is 1. The maximum Gasteiger partial charge on any atom is 0.348 e. The van der Waals surface area contributed by atoms with Crippen LogP contribution in [0.15, 0.2) is 0 Å². The van der Waals surface area contributed by atoms with Gasteiger partial charge in [-0.05, 0) is 14.1 Å². The average Bonchev–Trinajstić information content (AvgIpc) is 2.01. The van der Waals surface area contributed by atoms with E-state index in [0.717, 1.165) is 0 Å². The summed E-state index contributed by atoms with van der Waals surface area (Å²) in [7, 11) is 4.79. The van der Waals surface area contributed by atoms with Crippen LogP contribution in [0.4, 0.5) is 0 Å². The topological polar surface area (TPSA) is 55.8 Å². The van der Waals surface area contributed by atoms with Crippen LogP contribution in [0, 0.1) is 0 Å². The average molecular weight is 175 g/mol. The van der Waals surface area contributed by atoms with E-state index < -0.39 is 12.1 Å². The summed E-state index contributed by atoms with van der Waals surface area (Å²) in [5, 5.41) is 0. The largest absolute Gasteiger partial charge is 0.466 e. The summed E-state index contributed by atoms with van der Waals surface area (Å²) in [4.78, 5) is 22.6. The van der Waals surface area contributed by atoms with E-state index in [1.54, 1.807) is 19.0 Å². The second kappa shape index (κ2) is 5.54. The summed E-state index contributed by atoms with van der Waals surface area (Å²) < 4.78 is 8.93. The third kappa shape index (κ3) is 3.92. The van der Waals surface area contributed by atoms with Gasteiger partial charge in [-0.3, -0.25) is 4.79 Å². The lowest BCUT2D eigenvalue weighted by Crippen LogP contribution is -2.35. The molecule has 0 aliphatic carbocycles. The molecule has 0 saturated heterocycles. The molecule has 5 heteroatoms. The molecular weight excluding hydrogens is 162 g/mol. The summed E-state index contributed by atoms with van der Waals surface area (Å²) in [5.74, 6) is -0.546. The fourth-order valence-electron chi connectivity index (χ4n) is 0.703. The Bertz CT molecular complexity index is 157. The van der Waals surface area contributed by atoms with Gasteiger partial charge in [-0.2, -0.15) is 0 Å². The predicted octanol–water partition coefficient (Wildman–Crippen LogP) is -0.737. The molecule has 0 aromatic carbocycles. The quantitative estimate of drug-likeness (QED) is 0.407. The highest BCUT2D eigenvalue weighted by molar-refractivity contribution is 5.76. The van der Waals surface area contributed by atoms with Crippen LogP contribution in [0.25, 0.3) is 0 Å². The van der Waals surface area contributed by atoms with Gasteiger partial charge < -0.3 is 14.4 Å². The van der Waals surface area contributed by atoms with Crippen molar-refractivity contribution in [1.82, 2.24) is 4.90 Å². The van der Waals surface area contributed by atoms with Crippen molar-refractivity contribution in [3.8, 4) is 0 Å². The van der Waals surface area contributed by atoms with Gasteiger partial charge in [0.1, 0.15) is 0 Å². The van der Waals surface area contributed by atoms with Crippen LogP contribution in [0.3, 0.4) is 0 Å². The first kappa shape index (κ1) is 10.9. The zero-order chi connectivity index (χ0) is 9.56. The first-order chi connectivity index (χ1) is 5.61. The molecule has 12 heavy (non-hydrogen) atoms. The Kier molecular flexibility index (Phi) is 5.03. The smallest absolute Gasteiger partial charge is 0.348 e.